The van der Waals surface area contributed by atoms with Crippen molar-refractivity contribution in [2.75, 3.05) is 28.2 Å². The average Bonchev–Trinajstić information content (AvgIpc) is 2.50. The first kappa shape index (κ1) is 14.8. The number of rotatable bonds is 0. The molecule has 1 aliphatic carbocycles. The second kappa shape index (κ2) is 3.80. The number of fused-ring (bicyclic) bond motifs is 4. The highest BCUT2D eigenvalue weighted by Gasteiger charge is 2.81. The molecule has 8 nitrogen and oxygen atoms in total. The molecule has 3 aliphatic rings. The van der Waals surface area contributed by atoms with E-state index in [0.717, 1.165) is 9.80 Å². The van der Waals surface area contributed by atoms with E-state index in [1.165, 1.54) is 23.9 Å². The molecule has 0 aromatic rings. The Morgan fingerprint density at radius 1 is 0.682 bits per heavy atom. The predicted octanol–water partition coefficient (Wildman–Crippen LogP) is -0.203. The van der Waals surface area contributed by atoms with Crippen LogP contribution in [0.4, 0.5) is 9.59 Å². The Labute approximate surface area is 128 Å². The van der Waals surface area contributed by atoms with Crippen molar-refractivity contribution >= 4 is 23.9 Å². The molecule has 22 heavy (non-hydrogen) atoms. The van der Waals surface area contributed by atoms with Crippen LogP contribution in [-0.4, -0.2) is 83.8 Å². The number of imide groups is 2. The number of carbonyl (C=O) groups excluding carboxylic acids is 4. The van der Waals surface area contributed by atoms with Crippen molar-refractivity contribution in [1.82, 2.24) is 19.6 Å². The lowest BCUT2D eigenvalue weighted by Gasteiger charge is -2.72. The van der Waals surface area contributed by atoms with Crippen LogP contribution in [0, 0.1) is 10.8 Å². The number of carbonyl (C=O) groups is 4. The first-order valence-electron chi connectivity index (χ1n) is 7.12. The molecule has 0 radical (unpaired) electrons. The molecule has 0 spiro atoms. The van der Waals surface area contributed by atoms with Crippen LogP contribution in [-0.2, 0) is 9.59 Å². The highest BCUT2D eigenvalue weighted by atomic mass is 16.2. The minimum Gasteiger partial charge on any atom is -0.321 e. The molecule has 120 valence electrons. The van der Waals surface area contributed by atoms with Crippen LogP contribution in [0.1, 0.15) is 13.8 Å². The first-order valence-corrected chi connectivity index (χ1v) is 7.12. The summed E-state index contributed by atoms with van der Waals surface area (Å²) in [6, 6.07) is -1.83. The fourth-order valence-electron chi connectivity index (χ4n) is 4.63. The number of amides is 6. The van der Waals surface area contributed by atoms with Gasteiger partial charge in [0.25, 0.3) is 0 Å². The van der Waals surface area contributed by atoms with Gasteiger partial charge < -0.3 is 9.80 Å². The first-order chi connectivity index (χ1) is 10.0. The summed E-state index contributed by atoms with van der Waals surface area (Å²) in [5.41, 5.74) is -2.09. The standard InChI is InChI=1S/C14H20N4O4/c1-13-7(15(3)11(21)17(5)9(13)19)8-14(13,2)10(20)18(6)12(22)16(8)4/h7-8H,1-6H3/t7?,8?,13-,14-/m1/s1. The maximum atomic E-state index is 12.8. The van der Waals surface area contributed by atoms with Crippen molar-refractivity contribution in [1.29, 1.82) is 0 Å². The van der Waals surface area contributed by atoms with Crippen LogP contribution in [0.25, 0.3) is 0 Å². The molecule has 2 heterocycles. The zero-order valence-electron chi connectivity index (χ0n) is 13.6. The maximum Gasteiger partial charge on any atom is 0.326 e. The largest absolute Gasteiger partial charge is 0.326 e. The van der Waals surface area contributed by atoms with Gasteiger partial charge in [0.05, 0.1) is 22.9 Å². The molecule has 0 aromatic carbocycles. The second-order valence-corrected chi connectivity index (χ2v) is 6.81. The predicted molar refractivity (Wildman–Crippen MR) is 75.6 cm³/mol. The Morgan fingerprint density at radius 3 is 1.23 bits per heavy atom. The van der Waals surface area contributed by atoms with Gasteiger partial charge in [0.15, 0.2) is 0 Å². The van der Waals surface area contributed by atoms with Gasteiger partial charge >= 0.3 is 12.1 Å². The molecule has 4 atom stereocenters. The van der Waals surface area contributed by atoms with E-state index in [1.54, 1.807) is 27.9 Å². The molecule has 2 unspecified atom stereocenters. The molecular weight excluding hydrogens is 288 g/mol. The van der Waals surface area contributed by atoms with Gasteiger partial charge in [0.2, 0.25) is 11.8 Å². The Bertz CT molecular complexity index is 580. The summed E-state index contributed by atoms with van der Waals surface area (Å²) < 4.78 is 0. The van der Waals surface area contributed by atoms with Crippen molar-refractivity contribution in [2.45, 2.75) is 25.9 Å². The summed E-state index contributed by atoms with van der Waals surface area (Å²) in [6.45, 7) is 3.43. The lowest BCUT2D eigenvalue weighted by atomic mass is 9.42. The third kappa shape index (κ3) is 1.14. The van der Waals surface area contributed by atoms with Gasteiger partial charge in [-0.25, -0.2) is 9.59 Å². The molecule has 1 saturated carbocycles. The number of likely N-dealkylation sites (N-methyl/N-ethyl adjacent to an activating group) is 2. The van der Waals surface area contributed by atoms with E-state index >= 15 is 0 Å². The molecule has 8 heteroatoms. The summed E-state index contributed by atoms with van der Waals surface area (Å²) in [5, 5.41) is 0. The molecular formula is C14H20N4O4. The highest BCUT2D eigenvalue weighted by Crippen LogP contribution is 2.64. The average molecular weight is 308 g/mol. The van der Waals surface area contributed by atoms with E-state index < -0.39 is 35.0 Å². The summed E-state index contributed by atoms with van der Waals surface area (Å²) in [5.74, 6) is -0.743. The monoisotopic (exact) mass is 308 g/mol. The van der Waals surface area contributed by atoms with Crippen LogP contribution in [0.3, 0.4) is 0 Å². The summed E-state index contributed by atoms with van der Waals surface area (Å²) in [6.07, 6.45) is 0. The van der Waals surface area contributed by atoms with Gasteiger partial charge in [-0.2, -0.15) is 0 Å². The molecule has 0 aromatic heterocycles. The smallest absolute Gasteiger partial charge is 0.321 e. The number of hydrogen-bond acceptors (Lipinski definition) is 4. The van der Waals surface area contributed by atoms with Crippen LogP contribution in [0.15, 0.2) is 0 Å². The van der Waals surface area contributed by atoms with Gasteiger partial charge in [-0.3, -0.25) is 19.4 Å². The third-order valence-electron chi connectivity index (χ3n) is 6.07. The highest BCUT2D eigenvalue weighted by molar-refractivity contribution is 6.10. The minimum absolute atomic E-state index is 0.371. The normalized spacial score (nSPS) is 41.5. The fourth-order valence-corrected chi connectivity index (χ4v) is 4.63. The van der Waals surface area contributed by atoms with Gasteiger partial charge in [0, 0.05) is 28.2 Å². The molecule has 6 amide bonds. The van der Waals surface area contributed by atoms with Crippen LogP contribution in [0.5, 0.6) is 0 Å². The third-order valence-corrected chi connectivity index (χ3v) is 6.07. The van der Waals surface area contributed by atoms with Crippen LogP contribution < -0.4 is 0 Å². The van der Waals surface area contributed by atoms with Gasteiger partial charge in [0.1, 0.15) is 0 Å². The van der Waals surface area contributed by atoms with Gasteiger partial charge in [-0.15, -0.1) is 0 Å². The Kier molecular flexibility index (Phi) is 2.55. The van der Waals surface area contributed by atoms with Crippen LogP contribution in [0.2, 0.25) is 0 Å². The van der Waals surface area contributed by atoms with E-state index in [4.69, 9.17) is 0 Å². The summed E-state index contributed by atoms with van der Waals surface area (Å²) in [4.78, 5) is 55.0. The minimum atomic E-state index is -1.05. The summed E-state index contributed by atoms with van der Waals surface area (Å²) >= 11 is 0. The quantitative estimate of drug-likeness (QED) is 0.620. The van der Waals surface area contributed by atoms with Crippen molar-refractivity contribution in [3.8, 4) is 0 Å². The molecule has 0 bridgehead atoms. The van der Waals surface area contributed by atoms with E-state index in [2.05, 4.69) is 0 Å². The second-order valence-electron chi connectivity index (χ2n) is 6.81. The molecule has 2 aliphatic heterocycles. The van der Waals surface area contributed by atoms with Crippen molar-refractivity contribution in [3.05, 3.63) is 0 Å². The molecule has 3 fully saturated rings. The van der Waals surface area contributed by atoms with Crippen LogP contribution >= 0.6 is 0 Å². The Morgan fingerprint density at radius 2 is 0.955 bits per heavy atom. The lowest BCUT2D eigenvalue weighted by Crippen LogP contribution is -2.90. The topological polar surface area (TPSA) is 81.2 Å². The fraction of sp³-hybridized carbons (Fsp3) is 0.714. The Balaban J connectivity index is 2.19. The zero-order chi connectivity index (χ0) is 16.8. The van der Waals surface area contributed by atoms with Crippen molar-refractivity contribution in [2.24, 2.45) is 10.8 Å². The molecule has 2 saturated heterocycles. The summed E-state index contributed by atoms with van der Waals surface area (Å²) in [7, 11) is 6.06. The SMILES string of the molecule is CN1C(=O)N(C)C2C3N(C)C(=O)N(C)C(=O)[C@]3(C)[C@@]2(C)C1=O. The van der Waals surface area contributed by atoms with E-state index in [9.17, 15) is 19.2 Å². The number of nitrogens with zero attached hydrogens (tertiary/aromatic N) is 4. The zero-order valence-corrected chi connectivity index (χ0v) is 13.6. The van der Waals surface area contributed by atoms with Crippen molar-refractivity contribution < 1.29 is 19.2 Å². The molecule has 0 N–H and O–H groups in total. The molecule has 3 rings (SSSR count). The lowest BCUT2D eigenvalue weighted by molar-refractivity contribution is -0.223. The Hall–Kier alpha value is -2.12. The van der Waals surface area contributed by atoms with Gasteiger partial charge in [-0.05, 0) is 13.8 Å². The van der Waals surface area contributed by atoms with E-state index in [0.29, 0.717) is 0 Å². The van der Waals surface area contributed by atoms with Gasteiger partial charge in [-0.1, -0.05) is 0 Å². The number of hydrogen-bond donors (Lipinski definition) is 0. The van der Waals surface area contributed by atoms with Crippen molar-refractivity contribution in [3.63, 3.8) is 0 Å². The number of urea groups is 2. The van der Waals surface area contributed by atoms with E-state index in [1.807, 2.05) is 0 Å². The van der Waals surface area contributed by atoms with E-state index in [-0.39, 0.29) is 11.8 Å². The maximum absolute atomic E-state index is 12.8.